The Bertz CT molecular complexity index is 2110. The highest BCUT2D eigenvalue weighted by Gasteiger charge is 2.22. The summed E-state index contributed by atoms with van der Waals surface area (Å²) in [5, 5.41) is 18.1. The second kappa shape index (κ2) is 12.5. The first-order valence-electron chi connectivity index (χ1n) is 15.1. The molecule has 6 rings (SSSR count). The van der Waals surface area contributed by atoms with Gasteiger partial charge >= 0.3 is 0 Å². The molecule has 2 N–H and O–H groups in total. The molecule has 0 bridgehead atoms. The quantitative estimate of drug-likeness (QED) is 0.284. The summed E-state index contributed by atoms with van der Waals surface area (Å²) in [7, 11) is 1.57. The molecule has 1 fully saturated rings. The van der Waals surface area contributed by atoms with E-state index >= 15 is 4.39 Å². The average Bonchev–Trinajstić information content (AvgIpc) is 3.06. The van der Waals surface area contributed by atoms with Gasteiger partial charge in [-0.05, 0) is 47.4 Å². The molecular formula is C34H34FN7O5. The normalized spacial score (nSPS) is 13.6. The molecule has 1 amide bonds. The third kappa shape index (κ3) is 6.14. The molecular weight excluding hydrogens is 605 g/mol. The number of aromatic nitrogens is 5. The number of carbonyl (C=O) groups excluding carboxylic acids is 1. The Hall–Kier alpha value is -5.27. The second-order valence-corrected chi connectivity index (χ2v) is 12.4. The van der Waals surface area contributed by atoms with Crippen molar-refractivity contribution in [3.05, 3.63) is 104 Å². The Kier molecular flexibility index (Phi) is 8.43. The van der Waals surface area contributed by atoms with Gasteiger partial charge in [0.05, 0.1) is 48.3 Å². The van der Waals surface area contributed by atoms with E-state index in [4.69, 9.17) is 4.74 Å². The number of rotatable bonds is 6. The molecule has 1 saturated heterocycles. The molecule has 242 valence electrons. The van der Waals surface area contributed by atoms with Gasteiger partial charge in [0, 0.05) is 55.2 Å². The number of halogens is 1. The minimum atomic E-state index is -0.684. The summed E-state index contributed by atoms with van der Waals surface area (Å²) in [6, 6.07) is 9.44. The number of aryl methyl sites for hydroxylation is 1. The number of anilines is 2. The standard InChI is InChI=1S/C34H34FN7O5/c1-34(2,3)23-13-21-17-38-42(33(46)29(21)25(35)15-23)27-7-8-36-30(24(27)19-43)22-14-26(32(45)40(4)18-22)39-28-6-5-20(16-37-28)31(44)41-9-11-47-12-10-41/h5-8,13-18,43H,9-12,19H2,1-4H3,(H,37,39). The van der Waals surface area contributed by atoms with Gasteiger partial charge in [-0.2, -0.15) is 9.78 Å². The minimum absolute atomic E-state index is 0.117. The molecule has 1 aromatic carbocycles. The van der Waals surface area contributed by atoms with Crippen LogP contribution in [0.15, 0.2) is 70.8 Å². The van der Waals surface area contributed by atoms with Crippen LogP contribution >= 0.6 is 0 Å². The second-order valence-electron chi connectivity index (χ2n) is 12.4. The maximum Gasteiger partial charge on any atom is 0.282 e. The molecule has 0 aliphatic carbocycles. The lowest BCUT2D eigenvalue weighted by molar-refractivity contribution is 0.0302. The summed E-state index contributed by atoms with van der Waals surface area (Å²) in [6.07, 6.45) is 5.88. The van der Waals surface area contributed by atoms with Gasteiger partial charge in [0.25, 0.3) is 17.0 Å². The number of carbonyl (C=O) groups is 1. The third-order valence-corrected chi connectivity index (χ3v) is 8.15. The predicted molar refractivity (Wildman–Crippen MR) is 175 cm³/mol. The highest BCUT2D eigenvalue weighted by molar-refractivity contribution is 5.94. The fourth-order valence-electron chi connectivity index (χ4n) is 5.54. The molecule has 1 aliphatic heterocycles. The lowest BCUT2D eigenvalue weighted by Gasteiger charge is -2.26. The van der Waals surface area contributed by atoms with Gasteiger partial charge in [-0.25, -0.2) is 9.37 Å². The number of pyridine rings is 3. The lowest BCUT2D eigenvalue weighted by Crippen LogP contribution is -2.40. The smallest absolute Gasteiger partial charge is 0.282 e. The highest BCUT2D eigenvalue weighted by atomic mass is 19.1. The van der Waals surface area contributed by atoms with Gasteiger partial charge in [-0.1, -0.05) is 20.8 Å². The van der Waals surface area contributed by atoms with Crippen LogP contribution in [0, 0.1) is 5.82 Å². The van der Waals surface area contributed by atoms with Crippen LogP contribution in [0.2, 0.25) is 0 Å². The number of ether oxygens (including phenoxy) is 1. The van der Waals surface area contributed by atoms with E-state index in [9.17, 15) is 19.5 Å². The van der Waals surface area contributed by atoms with Crippen LogP contribution in [0.4, 0.5) is 15.9 Å². The first-order valence-corrected chi connectivity index (χ1v) is 15.1. The van der Waals surface area contributed by atoms with Crippen LogP contribution in [0.1, 0.15) is 42.3 Å². The number of hydrogen-bond acceptors (Lipinski definition) is 9. The minimum Gasteiger partial charge on any atom is -0.392 e. The van der Waals surface area contributed by atoms with Crippen LogP contribution in [-0.4, -0.2) is 66.5 Å². The van der Waals surface area contributed by atoms with Crippen LogP contribution in [0.3, 0.4) is 0 Å². The van der Waals surface area contributed by atoms with E-state index in [1.54, 1.807) is 42.4 Å². The molecule has 0 radical (unpaired) electrons. The summed E-state index contributed by atoms with van der Waals surface area (Å²) in [5.41, 5.74) is 1.15. The fraction of sp³-hybridized carbons (Fsp3) is 0.294. The van der Waals surface area contributed by atoms with Crippen LogP contribution in [-0.2, 0) is 23.8 Å². The molecule has 47 heavy (non-hydrogen) atoms. The zero-order valence-electron chi connectivity index (χ0n) is 26.5. The molecule has 0 atom stereocenters. The van der Waals surface area contributed by atoms with E-state index in [1.165, 1.54) is 35.3 Å². The van der Waals surface area contributed by atoms with Crippen molar-refractivity contribution >= 4 is 28.2 Å². The van der Waals surface area contributed by atoms with Crippen LogP contribution in [0.5, 0.6) is 0 Å². The molecule has 0 spiro atoms. The van der Waals surface area contributed by atoms with Crippen molar-refractivity contribution in [3.63, 3.8) is 0 Å². The molecule has 0 saturated carbocycles. The van der Waals surface area contributed by atoms with Gasteiger partial charge in [-0.3, -0.25) is 19.4 Å². The molecule has 4 aromatic heterocycles. The van der Waals surface area contributed by atoms with E-state index in [-0.39, 0.29) is 39.2 Å². The first-order chi connectivity index (χ1) is 22.5. The number of amides is 1. The summed E-state index contributed by atoms with van der Waals surface area (Å²) in [4.78, 5) is 50.0. The number of nitrogens with one attached hydrogen (secondary N) is 1. The number of aliphatic hydroxyl groups is 1. The third-order valence-electron chi connectivity index (χ3n) is 8.15. The summed E-state index contributed by atoms with van der Waals surface area (Å²) in [5.74, 6) is -0.468. The zero-order valence-corrected chi connectivity index (χ0v) is 26.5. The van der Waals surface area contributed by atoms with E-state index < -0.39 is 18.0 Å². The van der Waals surface area contributed by atoms with E-state index in [0.29, 0.717) is 54.3 Å². The molecule has 12 nitrogen and oxygen atoms in total. The number of morpholine rings is 1. The van der Waals surface area contributed by atoms with Crippen molar-refractivity contribution in [2.75, 3.05) is 31.6 Å². The lowest BCUT2D eigenvalue weighted by atomic mass is 9.86. The van der Waals surface area contributed by atoms with Crippen molar-refractivity contribution in [1.82, 2.24) is 29.2 Å². The largest absolute Gasteiger partial charge is 0.392 e. The Morgan fingerprint density at radius 1 is 1.04 bits per heavy atom. The topological polar surface area (TPSA) is 144 Å². The summed E-state index contributed by atoms with van der Waals surface area (Å²) >= 11 is 0. The number of aliphatic hydroxyl groups excluding tert-OH is 1. The van der Waals surface area contributed by atoms with Gasteiger partial charge in [0.2, 0.25) is 0 Å². The zero-order chi connectivity index (χ0) is 33.5. The van der Waals surface area contributed by atoms with Gasteiger partial charge in [0.15, 0.2) is 0 Å². The summed E-state index contributed by atoms with van der Waals surface area (Å²) in [6.45, 7) is 7.33. The Morgan fingerprint density at radius 2 is 1.81 bits per heavy atom. The first kappa shape index (κ1) is 31.7. The fourth-order valence-corrected chi connectivity index (χ4v) is 5.54. The Labute approximate surface area is 269 Å². The molecule has 0 unspecified atom stereocenters. The number of benzene rings is 1. The van der Waals surface area contributed by atoms with E-state index in [0.717, 1.165) is 10.2 Å². The molecule has 1 aliphatic rings. The van der Waals surface area contributed by atoms with Crippen molar-refractivity contribution < 1.29 is 19.0 Å². The van der Waals surface area contributed by atoms with Gasteiger partial charge in [0.1, 0.15) is 17.3 Å². The molecule has 13 heteroatoms. The van der Waals surface area contributed by atoms with Crippen LogP contribution in [0.25, 0.3) is 27.7 Å². The van der Waals surface area contributed by atoms with Crippen molar-refractivity contribution in [3.8, 4) is 16.9 Å². The van der Waals surface area contributed by atoms with Crippen molar-refractivity contribution in [1.29, 1.82) is 0 Å². The number of nitrogens with zero attached hydrogens (tertiary/aromatic N) is 6. The Morgan fingerprint density at radius 3 is 2.49 bits per heavy atom. The molecule has 5 aromatic rings. The number of hydrogen-bond donors (Lipinski definition) is 2. The van der Waals surface area contributed by atoms with Crippen LogP contribution < -0.4 is 16.4 Å². The van der Waals surface area contributed by atoms with Gasteiger partial charge in [-0.15, -0.1) is 0 Å². The Balaban J connectivity index is 1.36. The van der Waals surface area contributed by atoms with E-state index in [2.05, 4.69) is 20.4 Å². The maximum absolute atomic E-state index is 15.3. The maximum atomic E-state index is 15.3. The average molecular weight is 640 g/mol. The summed E-state index contributed by atoms with van der Waals surface area (Å²) < 4.78 is 23.1. The van der Waals surface area contributed by atoms with Crippen molar-refractivity contribution in [2.24, 2.45) is 7.05 Å². The SMILES string of the molecule is Cn1cc(-c2nccc(-n3ncc4cc(C(C)(C)C)cc(F)c4c3=O)c2CO)cc(Nc2ccc(C(=O)N3CCOCC3)cn2)c1=O. The predicted octanol–water partition coefficient (Wildman–Crippen LogP) is 3.69. The number of fused-ring (bicyclic) bond motifs is 1. The highest BCUT2D eigenvalue weighted by Crippen LogP contribution is 2.29. The van der Waals surface area contributed by atoms with Crippen molar-refractivity contribution in [2.45, 2.75) is 32.8 Å². The van der Waals surface area contributed by atoms with Gasteiger partial charge < -0.3 is 24.6 Å². The molecule has 5 heterocycles. The van der Waals surface area contributed by atoms with E-state index in [1.807, 2.05) is 20.8 Å². The monoisotopic (exact) mass is 639 g/mol.